The number of hydrogen-bond acceptors (Lipinski definition) is 4. The zero-order chi connectivity index (χ0) is 18.1. The van der Waals surface area contributed by atoms with Crippen LogP contribution < -0.4 is 0 Å². The van der Waals surface area contributed by atoms with Crippen molar-refractivity contribution in [2.45, 2.75) is 26.3 Å². The Bertz CT molecular complexity index is 866. The van der Waals surface area contributed by atoms with Gasteiger partial charge in [-0.3, -0.25) is 19.5 Å². The standard InChI is InChI=1S/C21H21N3O2/c1-15-7-9-16(10-8-15)18-19(23-12-4-5-13-23)21(26)24(20(18)25)14-17-6-2-3-11-22-17/h2-3,6-11H,4-5,12-14H2,1H3. The lowest BCUT2D eigenvalue weighted by molar-refractivity contribution is -0.138. The van der Waals surface area contributed by atoms with Gasteiger partial charge in [0.05, 0.1) is 17.8 Å². The van der Waals surface area contributed by atoms with Crippen molar-refractivity contribution in [3.05, 3.63) is 71.2 Å². The SMILES string of the molecule is Cc1ccc(C2=C(N3CCCC3)C(=O)N(Cc3ccccn3)C2=O)cc1. The zero-order valence-corrected chi connectivity index (χ0v) is 14.8. The van der Waals surface area contributed by atoms with Gasteiger partial charge in [0.1, 0.15) is 5.70 Å². The first-order valence-electron chi connectivity index (χ1n) is 8.97. The number of pyridine rings is 1. The third-order valence-corrected chi connectivity index (χ3v) is 4.95. The number of imide groups is 1. The number of rotatable bonds is 4. The van der Waals surface area contributed by atoms with Crippen LogP contribution in [0.25, 0.3) is 5.57 Å². The van der Waals surface area contributed by atoms with E-state index in [1.807, 2.05) is 49.4 Å². The van der Waals surface area contributed by atoms with Crippen LogP contribution in [-0.2, 0) is 16.1 Å². The van der Waals surface area contributed by atoms with Gasteiger partial charge >= 0.3 is 0 Å². The Hall–Kier alpha value is -2.95. The summed E-state index contributed by atoms with van der Waals surface area (Å²) in [6.07, 6.45) is 3.77. The Morgan fingerprint density at radius 3 is 2.35 bits per heavy atom. The minimum absolute atomic E-state index is 0.200. The molecule has 3 heterocycles. The number of carbonyl (C=O) groups is 2. The average Bonchev–Trinajstić information content (AvgIpc) is 3.26. The number of likely N-dealkylation sites (tertiary alicyclic amines) is 1. The first-order chi connectivity index (χ1) is 12.6. The maximum Gasteiger partial charge on any atom is 0.278 e. The van der Waals surface area contributed by atoms with Crippen LogP contribution >= 0.6 is 0 Å². The lowest BCUT2D eigenvalue weighted by atomic mass is 10.0. The molecular formula is C21H21N3O2. The fourth-order valence-electron chi connectivity index (χ4n) is 3.58. The van der Waals surface area contributed by atoms with Crippen LogP contribution in [-0.4, -0.2) is 39.7 Å². The van der Waals surface area contributed by atoms with Gasteiger partial charge in [0.2, 0.25) is 0 Å². The van der Waals surface area contributed by atoms with Gasteiger partial charge in [0.15, 0.2) is 0 Å². The number of amides is 2. The van der Waals surface area contributed by atoms with Crippen molar-refractivity contribution in [2.24, 2.45) is 0 Å². The maximum atomic E-state index is 13.2. The van der Waals surface area contributed by atoms with Crippen LogP contribution in [0.2, 0.25) is 0 Å². The number of aromatic nitrogens is 1. The molecule has 2 aliphatic heterocycles. The van der Waals surface area contributed by atoms with Crippen molar-refractivity contribution in [1.82, 2.24) is 14.8 Å². The first kappa shape index (κ1) is 16.5. The summed E-state index contributed by atoms with van der Waals surface area (Å²) in [5.74, 6) is -0.440. The molecule has 26 heavy (non-hydrogen) atoms. The monoisotopic (exact) mass is 347 g/mol. The molecule has 5 heteroatoms. The molecule has 0 aliphatic carbocycles. The van der Waals surface area contributed by atoms with Gasteiger partial charge in [-0.05, 0) is 37.5 Å². The molecule has 1 saturated heterocycles. The first-order valence-corrected chi connectivity index (χ1v) is 8.97. The van der Waals surface area contributed by atoms with Crippen LogP contribution in [0.4, 0.5) is 0 Å². The van der Waals surface area contributed by atoms with E-state index in [1.165, 1.54) is 4.90 Å². The Kier molecular flexibility index (Phi) is 4.29. The highest BCUT2D eigenvalue weighted by atomic mass is 16.2. The molecule has 2 aliphatic rings. The van der Waals surface area contributed by atoms with E-state index < -0.39 is 0 Å². The van der Waals surface area contributed by atoms with Gasteiger partial charge in [-0.15, -0.1) is 0 Å². The maximum absolute atomic E-state index is 13.2. The molecule has 132 valence electrons. The van der Waals surface area contributed by atoms with E-state index in [2.05, 4.69) is 9.88 Å². The Morgan fingerprint density at radius 1 is 0.962 bits per heavy atom. The molecule has 2 amide bonds. The number of aryl methyl sites for hydroxylation is 1. The van der Waals surface area contributed by atoms with E-state index in [9.17, 15) is 9.59 Å². The fourth-order valence-corrected chi connectivity index (χ4v) is 3.58. The molecule has 2 aromatic rings. The Labute approximate surface area is 152 Å². The second kappa shape index (κ2) is 6.75. The van der Waals surface area contributed by atoms with Crippen LogP contribution in [0.3, 0.4) is 0 Å². The molecule has 0 spiro atoms. The predicted molar refractivity (Wildman–Crippen MR) is 98.7 cm³/mol. The minimum atomic E-state index is -0.230. The average molecular weight is 347 g/mol. The summed E-state index contributed by atoms with van der Waals surface area (Å²) in [4.78, 5) is 34.0. The van der Waals surface area contributed by atoms with Gasteiger partial charge in [-0.1, -0.05) is 35.9 Å². The summed E-state index contributed by atoms with van der Waals surface area (Å²) in [5, 5.41) is 0. The van der Waals surface area contributed by atoms with Gasteiger partial charge in [0, 0.05) is 19.3 Å². The summed E-state index contributed by atoms with van der Waals surface area (Å²) in [5.41, 5.74) is 3.71. The molecule has 5 nitrogen and oxygen atoms in total. The number of carbonyl (C=O) groups excluding carboxylic acids is 2. The summed E-state index contributed by atoms with van der Waals surface area (Å²) < 4.78 is 0. The van der Waals surface area contributed by atoms with E-state index in [0.29, 0.717) is 17.0 Å². The highest BCUT2D eigenvalue weighted by Crippen LogP contribution is 2.34. The molecule has 0 unspecified atom stereocenters. The van der Waals surface area contributed by atoms with Crippen molar-refractivity contribution < 1.29 is 9.59 Å². The smallest absolute Gasteiger partial charge is 0.278 e. The highest BCUT2D eigenvalue weighted by molar-refractivity contribution is 6.35. The van der Waals surface area contributed by atoms with Crippen LogP contribution in [0, 0.1) is 6.92 Å². The summed E-state index contributed by atoms with van der Waals surface area (Å²) in [6.45, 7) is 3.85. The molecule has 4 rings (SSSR count). The number of benzene rings is 1. The fraction of sp³-hybridized carbons (Fsp3) is 0.286. The van der Waals surface area contributed by atoms with E-state index in [4.69, 9.17) is 0 Å². The molecule has 1 aromatic carbocycles. The second-order valence-corrected chi connectivity index (χ2v) is 6.80. The lowest BCUT2D eigenvalue weighted by Gasteiger charge is -2.20. The summed E-state index contributed by atoms with van der Waals surface area (Å²) in [7, 11) is 0. The third kappa shape index (κ3) is 2.90. The van der Waals surface area contributed by atoms with Gasteiger partial charge in [0.25, 0.3) is 11.8 Å². The van der Waals surface area contributed by atoms with Gasteiger partial charge < -0.3 is 4.90 Å². The van der Waals surface area contributed by atoms with Crippen LogP contribution in [0.1, 0.15) is 29.7 Å². The number of hydrogen-bond donors (Lipinski definition) is 0. The number of nitrogens with zero attached hydrogens (tertiary/aromatic N) is 3. The molecule has 1 aromatic heterocycles. The van der Waals surface area contributed by atoms with Gasteiger partial charge in [-0.25, -0.2) is 0 Å². The second-order valence-electron chi connectivity index (χ2n) is 6.80. The highest BCUT2D eigenvalue weighted by Gasteiger charge is 2.42. The van der Waals surface area contributed by atoms with Crippen LogP contribution in [0.5, 0.6) is 0 Å². The normalized spacial score (nSPS) is 17.6. The van der Waals surface area contributed by atoms with E-state index in [0.717, 1.165) is 37.1 Å². The molecular weight excluding hydrogens is 326 g/mol. The molecule has 1 fully saturated rings. The topological polar surface area (TPSA) is 53.5 Å². The minimum Gasteiger partial charge on any atom is -0.366 e. The van der Waals surface area contributed by atoms with Gasteiger partial charge in [-0.2, -0.15) is 0 Å². The van der Waals surface area contributed by atoms with Crippen molar-refractivity contribution in [3.63, 3.8) is 0 Å². The molecule has 0 saturated carbocycles. The summed E-state index contributed by atoms with van der Waals surface area (Å²) in [6, 6.07) is 13.3. The van der Waals surface area contributed by atoms with Crippen molar-refractivity contribution in [3.8, 4) is 0 Å². The molecule has 0 bridgehead atoms. The van der Waals surface area contributed by atoms with Crippen molar-refractivity contribution in [1.29, 1.82) is 0 Å². The van der Waals surface area contributed by atoms with E-state index in [1.54, 1.807) is 6.20 Å². The molecule has 0 radical (unpaired) electrons. The zero-order valence-electron chi connectivity index (χ0n) is 14.8. The predicted octanol–water partition coefficient (Wildman–Crippen LogP) is 2.77. The van der Waals surface area contributed by atoms with E-state index >= 15 is 0 Å². The largest absolute Gasteiger partial charge is 0.366 e. The summed E-state index contributed by atoms with van der Waals surface area (Å²) >= 11 is 0. The Balaban J connectivity index is 1.74. The van der Waals surface area contributed by atoms with Crippen LogP contribution in [0.15, 0.2) is 54.4 Å². The molecule has 0 atom stereocenters. The quantitative estimate of drug-likeness (QED) is 0.798. The van der Waals surface area contributed by atoms with Crippen molar-refractivity contribution in [2.75, 3.05) is 13.1 Å². The third-order valence-electron chi connectivity index (χ3n) is 4.95. The molecule has 0 N–H and O–H groups in total. The van der Waals surface area contributed by atoms with E-state index in [-0.39, 0.29) is 18.4 Å². The Morgan fingerprint density at radius 2 is 1.69 bits per heavy atom. The van der Waals surface area contributed by atoms with Crippen molar-refractivity contribution >= 4 is 17.4 Å². The lowest BCUT2D eigenvalue weighted by Crippen LogP contribution is -2.34.